The SMILES string of the molecule is O=C(O)c1cc2cc(F)ccc2n1Cc1nccn1Cc1ccccc1. The Morgan fingerprint density at radius 3 is 2.65 bits per heavy atom. The van der Waals surface area contributed by atoms with Crippen LogP contribution in [-0.2, 0) is 13.1 Å². The first-order valence-corrected chi connectivity index (χ1v) is 8.18. The molecule has 2 aromatic heterocycles. The Labute approximate surface area is 149 Å². The third-order valence-electron chi connectivity index (χ3n) is 4.38. The van der Waals surface area contributed by atoms with Crippen molar-refractivity contribution in [1.82, 2.24) is 14.1 Å². The number of imidazole rings is 1. The summed E-state index contributed by atoms with van der Waals surface area (Å²) in [7, 11) is 0. The molecule has 6 heteroatoms. The maximum Gasteiger partial charge on any atom is 0.352 e. The molecule has 5 nitrogen and oxygen atoms in total. The van der Waals surface area contributed by atoms with Crippen LogP contribution in [0.1, 0.15) is 21.9 Å². The molecule has 1 N–H and O–H groups in total. The van der Waals surface area contributed by atoms with Crippen molar-refractivity contribution < 1.29 is 14.3 Å². The van der Waals surface area contributed by atoms with Crippen LogP contribution in [0.25, 0.3) is 10.9 Å². The second kappa shape index (κ2) is 6.48. The van der Waals surface area contributed by atoms with Crippen LogP contribution in [0.5, 0.6) is 0 Å². The standard InChI is InChI=1S/C20H16FN3O2/c21-16-6-7-17-15(10-16)11-18(20(25)26)24(17)13-19-22-8-9-23(19)12-14-4-2-1-3-5-14/h1-11H,12-13H2,(H,25,26). The average Bonchev–Trinajstić information content (AvgIpc) is 3.21. The summed E-state index contributed by atoms with van der Waals surface area (Å²) in [6, 6.07) is 15.7. The minimum absolute atomic E-state index is 0.111. The van der Waals surface area contributed by atoms with E-state index in [0.29, 0.717) is 17.4 Å². The molecule has 26 heavy (non-hydrogen) atoms. The third-order valence-corrected chi connectivity index (χ3v) is 4.38. The first-order valence-electron chi connectivity index (χ1n) is 8.18. The van der Waals surface area contributed by atoms with Gasteiger partial charge in [-0.1, -0.05) is 30.3 Å². The lowest BCUT2D eigenvalue weighted by molar-refractivity contribution is 0.0686. The fourth-order valence-corrected chi connectivity index (χ4v) is 3.15. The van der Waals surface area contributed by atoms with E-state index < -0.39 is 11.8 Å². The summed E-state index contributed by atoms with van der Waals surface area (Å²) in [5.41, 5.74) is 1.91. The van der Waals surface area contributed by atoms with Crippen molar-refractivity contribution in [3.8, 4) is 0 Å². The van der Waals surface area contributed by atoms with Crippen molar-refractivity contribution in [2.45, 2.75) is 13.1 Å². The van der Waals surface area contributed by atoms with Crippen LogP contribution in [0.15, 0.2) is 67.0 Å². The van der Waals surface area contributed by atoms with E-state index in [2.05, 4.69) is 4.98 Å². The van der Waals surface area contributed by atoms with Gasteiger partial charge in [0.25, 0.3) is 0 Å². The van der Waals surface area contributed by atoms with Gasteiger partial charge >= 0.3 is 5.97 Å². The van der Waals surface area contributed by atoms with E-state index >= 15 is 0 Å². The van der Waals surface area contributed by atoms with Gasteiger partial charge < -0.3 is 14.2 Å². The van der Waals surface area contributed by atoms with Gasteiger partial charge in [0.1, 0.15) is 17.3 Å². The molecule has 0 fully saturated rings. The molecule has 4 rings (SSSR count). The summed E-state index contributed by atoms with van der Waals surface area (Å²) < 4.78 is 17.1. The predicted octanol–water partition coefficient (Wildman–Crippen LogP) is 3.77. The number of benzene rings is 2. The van der Waals surface area contributed by atoms with Gasteiger partial charge in [0.15, 0.2) is 0 Å². The monoisotopic (exact) mass is 349 g/mol. The number of carboxylic acids is 1. The molecule has 0 unspecified atom stereocenters. The lowest BCUT2D eigenvalue weighted by Crippen LogP contribution is -2.13. The summed E-state index contributed by atoms with van der Waals surface area (Å²) >= 11 is 0. The second-order valence-electron chi connectivity index (χ2n) is 6.08. The van der Waals surface area contributed by atoms with E-state index in [0.717, 1.165) is 11.4 Å². The number of rotatable bonds is 5. The Bertz CT molecular complexity index is 1080. The molecule has 0 spiro atoms. The Balaban J connectivity index is 1.73. The Kier molecular flexibility index (Phi) is 4.01. The van der Waals surface area contributed by atoms with E-state index in [-0.39, 0.29) is 12.2 Å². The van der Waals surface area contributed by atoms with Crippen LogP contribution in [0.4, 0.5) is 4.39 Å². The van der Waals surface area contributed by atoms with Gasteiger partial charge in [0, 0.05) is 29.8 Å². The van der Waals surface area contributed by atoms with Crippen molar-refractivity contribution in [2.24, 2.45) is 0 Å². The summed E-state index contributed by atoms with van der Waals surface area (Å²) in [4.78, 5) is 16.0. The summed E-state index contributed by atoms with van der Waals surface area (Å²) in [6.45, 7) is 0.934. The quantitative estimate of drug-likeness (QED) is 0.597. The zero-order valence-corrected chi connectivity index (χ0v) is 13.8. The van der Waals surface area contributed by atoms with Crippen molar-refractivity contribution in [2.75, 3.05) is 0 Å². The van der Waals surface area contributed by atoms with Gasteiger partial charge in [0.05, 0.1) is 6.54 Å². The van der Waals surface area contributed by atoms with Gasteiger partial charge in [-0.3, -0.25) is 0 Å². The number of hydrogen-bond donors (Lipinski definition) is 1. The fourth-order valence-electron chi connectivity index (χ4n) is 3.15. The van der Waals surface area contributed by atoms with Crippen LogP contribution in [0.3, 0.4) is 0 Å². The molecule has 0 aliphatic heterocycles. The van der Waals surface area contributed by atoms with Crippen molar-refractivity contribution in [3.63, 3.8) is 0 Å². The molecule has 0 aliphatic carbocycles. The zero-order valence-electron chi connectivity index (χ0n) is 13.8. The minimum Gasteiger partial charge on any atom is -0.477 e. The number of halogens is 1. The predicted molar refractivity (Wildman–Crippen MR) is 95.7 cm³/mol. The molecule has 0 saturated carbocycles. The minimum atomic E-state index is -1.05. The van der Waals surface area contributed by atoms with E-state index in [1.54, 1.807) is 16.8 Å². The number of carbonyl (C=O) groups is 1. The number of aromatic carboxylic acids is 1. The molecule has 0 saturated heterocycles. The Morgan fingerprint density at radius 2 is 1.88 bits per heavy atom. The van der Waals surface area contributed by atoms with E-state index in [9.17, 15) is 14.3 Å². The summed E-state index contributed by atoms with van der Waals surface area (Å²) in [5.74, 6) is -0.710. The molecule has 2 heterocycles. The largest absolute Gasteiger partial charge is 0.477 e. The number of fused-ring (bicyclic) bond motifs is 1. The summed E-state index contributed by atoms with van der Waals surface area (Å²) in [5, 5.41) is 10.1. The zero-order chi connectivity index (χ0) is 18.1. The van der Waals surface area contributed by atoms with E-state index in [1.807, 2.05) is 41.1 Å². The Hall–Kier alpha value is -3.41. The highest BCUT2D eigenvalue weighted by Gasteiger charge is 2.17. The topological polar surface area (TPSA) is 60.0 Å². The maximum absolute atomic E-state index is 13.5. The second-order valence-corrected chi connectivity index (χ2v) is 6.08. The van der Waals surface area contributed by atoms with Gasteiger partial charge in [-0.15, -0.1) is 0 Å². The third kappa shape index (κ3) is 2.97. The highest BCUT2D eigenvalue weighted by molar-refractivity contribution is 5.94. The molecule has 0 atom stereocenters. The lowest BCUT2D eigenvalue weighted by Gasteiger charge is -2.11. The number of hydrogen-bond acceptors (Lipinski definition) is 2. The number of carboxylic acid groups (broad SMARTS) is 1. The van der Waals surface area contributed by atoms with Crippen LogP contribution in [0, 0.1) is 5.82 Å². The van der Waals surface area contributed by atoms with Gasteiger partial charge in [-0.25, -0.2) is 14.2 Å². The fraction of sp³-hybridized carbons (Fsp3) is 0.100. The van der Waals surface area contributed by atoms with Crippen molar-refractivity contribution >= 4 is 16.9 Å². The van der Waals surface area contributed by atoms with Crippen molar-refractivity contribution in [3.05, 3.63) is 89.9 Å². The first kappa shape index (κ1) is 16.1. The lowest BCUT2D eigenvalue weighted by atomic mass is 10.2. The molecule has 4 aromatic rings. The molecule has 130 valence electrons. The van der Waals surface area contributed by atoms with E-state index in [4.69, 9.17) is 0 Å². The summed E-state index contributed by atoms with van der Waals surface area (Å²) in [6.07, 6.45) is 3.57. The van der Waals surface area contributed by atoms with Crippen LogP contribution in [0.2, 0.25) is 0 Å². The normalized spacial score (nSPS) is 11.1. The highest BCUT2D eigenvalue weighted by Crippen LogP contribution is 2.22. The van der Waals surface area contributed by atoms with Gasteiger partial charge in [-0.05, 0) is 29.8 Å². The van der Waals surface area contributed by atoms with Gasteiger partial charge in [-0.2, -0.15) is 0 Å². The van der Waals surface area contributed by atoms with E-state index in [1.165, 1.54) is 18.2 Å². The maximum atomic E-state index is 13.5. The molecular weight excluding hydrogens is 333 g/mol. The average molecular weight is 349 g/mol. The molecule has 0 radical (unpaired) electrons. The number of aromatic nitrogens is 3. The molecule has 2 aromatic carbocycles. The van der Waals surface area contributed by atoms with Crippen molar-refractivity contribution in [1.29, 1.82) is 0 Å². The van der Waals surface area contributed by atoms with Crippen LogP contribution < -0.4 is 0 Å². The first-order chi connectivity index (χ1) is 12.6. The molecule has 0 amide bonds. The van der Waals surface area contributed by atoms with Crippen LogP contribution in [-0.4, -0.2) is 25.2 Å². The smallest absolute Gasteiger partial charge is 0.352 e. The highest BCUT2D eigenvalue weighted by atomic mass is 19.1. The Morgan fingerprint density at radius 1 is 1.08 bits per heavy atom. The van der Waals surface area contributed by atoms with Gasteiger partial charge in [0.2, 0.25) is 0 Å². The molecule has 0 aliphatic rings. The molecule has 0 bridgehead atoms. The molecular formula is C20H16FN3O2. The number of nitrogens with zero attached hydrogens (tertiary/aromatic N) is 3. The van der Waals surface area contributed by atoms with Crippen LogP contribution >= 0.6 is 0 Å².